The van der Waals surface area contributed by atoms with Crippen LogP contribution in [0.2, 0.25) is 0 Å². The molecular weight excluding hydrogens is 236 g/mol. The zero-order chi connectivity index (χ0) is 12.9. The van der Waals surface area contributed by atoms with Crippen LogP contribution in [0.5, 0.6) is 0 Å². The van der Waals surface area contributed by atoms with Gasteiger partial charge in [-0.3, -0.25) is 0 Å². The molecule has 0 radical (unpaired) electrons. The van der Waals surface area contributed by atoms with Gasteiger partial charge in [-0.05, 0) is 32.0 Å². The number of hydrogen-bond acceptors (Lipinski definition) is 3. The molecule has 0 saturated carbocycles. The van der Waals surface area contributed by atoms with Crippen LogP contribution in [0.4, 0.5) is 0 Å². The first-order valence-electron chi connectivity index (χ1n) is 5.66. The van der Waals surface area contributed by atoms with E-state index in [4.69, 9.17) is 0 Å². The summed E-state index contributed by atoms with van der Waals surface area (Å²) in [4.78, 5) is 0. The topological polar surface area (TPSA) is 58.2 Å². The highest BCUT2D eigenvalue weighted by Crippen LogP contribution is 2.17. The molecule has 0 saturated heterocycles. The summed E-state index contributed by atoms with van der Waals surface area (Å²) >= 11 is 0. The molecule has 0 bridgehead atoms. The molecule has 1 atom stereocenters. The summed E-state index contributed by atoms with van der Waals surface area (Å²) in [6, 6.07) is 7.59. The Morgan fingerprint density at radius 3 is 2.53 bits per heavy atom. The number of nitrogens with one attached hydrogen (secondary N) is 2. The molecule has 0 heterocycles. The normalized spacial score (nSPS) is 13.6. The van der Waals surface area contributed by atoms with Gasteiger partial charge in [-0.25, -0.2) is 13.1 Å². The summed E-state index contributed by atoms with van der Waals surface area (Å²) in [6.45, 7) is 4.29. The lowest BCUT2D eigenvalue weighted by Gasteiger charge is -2.16. The lowest BCUT2D eigenvalue weighted by molar-refractivity contribution is 0.564. The van der Waals surface area contributed by atoms with E-state index in [9.17, 15) is 8.42 Å². The maximum atomic E-state index is 11.7. The van der Waals surface area contributed by atoms with Gasteiger partial charge in [0.05, 0.1) is 5.75 Å². The number of sulfonamides is 1. The minimum atomic E-state index is -3.22. The van der Waals surface area contributed by atoms with Gasteiger partial charge in [-0.2, -0.15) is 0 Å². The quantitative estimate of drug-likeness (QED) is 0.804. The van der Waals surface area contributed by atoms with Gasteiger partial charge in [0, 0.05) is 12.6 Å². The van der Waals surface area contributed by atoms with E-state index in [0.717, 1.165) is 11.1 Å². The summed E-state index contributed by atoms with van der Waals surface area (Å²) in [5.74, 6) is 0.0969. The predicted octanol–water partition coefficient (Wildman–Crippen LogP) is 1.19. The van der Waals surface area contributed by atoms with Gasteiger partial charge in [0.25, 0.3) is 0 Å². The van der Waals surface area contributed by atoms with Crippen LogP contribution in [0, 0.1) is 6.92 Å². The first-order valence-corrected chi connectivity index (χ1v) is 7.31. The Morgan fingerprint density at radius 1 is 1.29 bits per heavy atom. The number of rotatable bonds is 6. The summed E-state index contributed by atoms with van der Waals surface area (Å²) in [5, 5.41) is 2.83. The standard InChI is InChI=1S/C12H20N2O2S/c1-10-6-4-5-7-12(10)11(2)14-17(15,16)9-8-13-3/h4-7,11,13-14H,8-9H2,1-3H3. The Kier molecular flexibility index (Phi) is 5.11. The lowest BCUT2D eigenvalue weighted by Crippen LogP contribution is -2.32. The van der Waals surface area contributed by atoms with Crippen molar-refractivity contribution in [2.75, 3.05) is 19.3 Å². The smallest absolute Gasteiger partial charge is 0.213 e. The molecule has 0 fully saturated rings. The van der Waals surface area contributed by atoms with Crippen LogP contribution in [0.25, 0.3) is 0 Å². The molecule has 96 valence electrons. The van der Waals surface area contributed by atoms with Crippen molar-refractivity contribution in [1.29, 1.82) is 0 Å². The molecule has 5 heteroatoms. The van der Waals surface area contributed by atoms with E-state index < -0.39 is 10.0 Å². The minimum Gasteiger partial charge on any atom is -0.319 e. The first-order chi connectivity index (χ1) is 7.96. The van der Waals surface area contributed by atoms with Gasteiger partial charge in [0.2, 0.25) is 10.0 Å². The van der Waals surface area contributed by atoms with Crippen molar-refractivity contribution < 1.29 is 8.42 Å². The Hall–Kier alpha value is -0.910. The summed E-state index contributed by atoms with van der Waals surface area (Å²) in [7, 11) is -1.48. The van der Waals surface area contributed by atoms with Gasteiger partial charge in [0.15, 0.2) is 0 Å². The van der Waals surface area contributed by atoms with Crippen LogP contribution in [0.3, 0.4) is 0 Å². The average molecular weight is 256 g/mol. The number of hydrogen-bond donors (Lipinski definition) is 2. The van der Waals surface area contributed by atoms with Gasteiger partial charge < -0.3 is 5.32 Å². The van der Waals surface area contributed by atoms with Crippen LogP contribution in [-0.2, 0) is 10.0 Å². The Bertz CT molecular complexity index is 457. The van der Waals surface area contributed by atoms with Crippen molar-refractivity contribution >= 4 is 10.0 Å². The largest absolute Gasteiger partial charge is 0.319 e. The zero-order valence-electron chi connectivity index (χ0n) is 10.5. The molecule has 1 aromatic rings. The van der Waals surface area contributed by atoms with Gasteiger partial charge in [-0.1, -0.05) is 24.3 Å². The lowest BCUT2D eigenvalue weighted by atomic mass is 10.0. The summed E-state index contributed by atoms with van der Waals surface area (Å²) in [5.41, 5.74) is 2.11. The predicted molar refractivity (Wildman–Crippen MR) is 70.4 cm³/mol. The molecule has 1 unspecified atom stereocenters. The van der Waals surface area contributed by atoms with E-state index in [-0.39, 0.29) is 11.8 Å². The van der Waals surface area contributed by atoms with E-state index in [2.05, 4.69) is 10.0 Å². The second kappa shape index (κ2) is 6.14. The average Bonchev–Trinajstić information content (AvgIpc) is 2.26. The van der Waals surface area contributed by atoms with Crippen LogP contribution in [0.1, 0.15) is 24.1 Å². The molecule has 0 aliphatic heterocycles. The molecule has 0 spiro atoms. The van der Waals surface area contributed by atoms with Crippen molar-refractivity contribution in [1.82, 2.24) is 10.0 Å². The van der Waals surface area contributed by atoms with Gasteiger partial charge in [0.1, 0.15) is 0 Å². The molecular formula is C12H20N2O2S. The van der Waals surface area contributed by atoms with Crippen LogP contribution in [0.15, 0.2) is 24.3 Å². The molecule has 0 amide bonds. The van der Waals surface area contributed by atoms with Crippen LogP contribution < -0.4 is 10.0 Å². The van der Waals surface area contributed by atoms with E-state index in [1.165, 1.54) is 0 Å². The maximum absolute atomic E-state index is 11.7. The number of aryl methyl sites for hydroxylation is 1. The van der Waals surface area contributed by atoms with E-state index in [1.54, 1.807) is 7.05 Å². The monoisotopic (exact) mass is 256 g/mol. The highest BCUT2D eigenvalue weighted by Gasteiger charge is 2.16. The van der Waals surface area contributed by atoms with E-state index in [0.29, 0.717) is 6.54 Å². The Morgan fingerprint density at radius 2 is 1.94 bits per heavy atom. The van der Waals surface area contributed by atoms with Crippen molar-refractivity contribution in [2.24, 2.45) is 0 Å². The second-order valence-electron chi connectivity index (χ2n) is 4.12. The fourth-order valence-corrected chi connectivity index (χ4v) is 2.96. The maximum Gasteiger partial charge on any atom is 0.213 e. The van der Waals surface area contributed by atoms with Crippen LogP contribution >= 0.6 is 0 Å². The van der Waals surface area contributed by atoms with E-state index in [1.807, 2.05) is 38.1 Å². The molecule has 1 rings (SSSR count). The van der Waals surface area contributed by atoms with Crippen molar-refractivity contribution in [3.8, 4) is 0 Å². The minimum absolute atomic E-state index is 0.0969. The third-order valence-electron chi connectivity index (χ3n) is 2.63. The fraction of sp³-hybridized carbons (Fsp3) is 0.500. The molecule has 0 aliphatic carbocycles. The van der Waals surface area contributed by atoms with Gasteiger partial charge in [-0.15, -0.1) is 0 Å². The third kappa shape index (κ3) is 4.46. The Balaban J connectivity index is 2.73. The van der Waals surface area contributed by atoms with E-state index >= 15 is 0 Å². The van der Waals surface area contributed by atoms with Crippen LogP contribution in [-0.4, -0.2) is 27.8 Å². The van der Waals surface area contributed by atoms with Crippen molar-refractivity contribution in [3.63, 3.8) is 0 Å². The highest BCUT2D eigenvalue weighted by molar-refractivity contribution is 7.89. The molecule has 2 N–H and O–H groups in total. The zero-order valence-corrected chi connectivity index (χ0v) is 11.3. The first kappa shape index (κ1) is 14.2. The highest BCUT2D eigenvalue weighted by atomic mass is 32.2. The van der Waals surface area contributed by atoms with Crippen molar-refractivity contribution in [3.05, 3.63) is 35.4 Å². The molecule has 17 heavy (non-hydrogen) atoms. The summed E-state index contributed by atoms with van der Waals surface area (Å²) < 4.78 is 26.1. The van der Waals surface area contributed by atoms with Gasteiger partial charge >= 0.3 is 0 Å². The summed E-state index contributed by atoms with van der Waals surface area (Å²) in [6.07, 6.45) is 0. The molecule has 0 aromatic heterocycles. The third-order valence-corrected chi connectivity index (χ3v) is 4.09. The number of benzene rings is 1. The van der Waals surface area contributed by atoms with Crippen molar-refractivity contribution in [2.45, 2.75) is 19.9 Å². The SMILES string of the molecule is CNCCS(=O)(=O)NC(C)c1ccccc1C. The molecule has 4 nitrogen and oxygen atoms in total. The molecule has 1 aromatic carbocycles. The second-order valence-corrected chi connectivity index (χ2v) is 5.99. The fourth-order valence-electron chi connectivity index (χ4n) is 1.70. The Labute approximate surface area is 103 Å². The molecule has 0 aliphatic rings.